The molecule has 5 heteroatoms. The molecule has 0 aromatic rings. The van der Waals surface area contributed by atoms with Crippen LogP contribution in [0, 0.1) is 34.0 Å². The fourth-order valence-corrected chi connectivity index (χ4v) is 8.56. The van der Waals surface area contributed by atoms with Gasteiger partial charge in [0, 0.05) is 18.3 Å². The van der Waals surface area contributed by atoms with Gasteiger partial charge in [-0.25, -0.2) is 0 Å². The van der Waals surface area contributed by atoms with E-state index in [1.807, 2.05) is 0 Å². The normalized spacial score (nSPS) is 44.2. The van der Waals surface area contributed by atoms with Crippen molar-refractivity contribution in [2.75, 3.05) is 0 Å². The fraction of sp³-hybridized carbons (Fsp3) is 0.731. The number of carboxylic acids is 1. The first kappa shape index (κ1) is 22.4. The van der Waals surface area contributed by atoms with Crippen molar-refractivity contribution in [1.29, 1.82) is 0 Å². The number of aliphatic carboxylic acids is 1. The number of aliphatic hydroxyl groups is 1. The number of rotatable bonds is 5. The van der Waals surface area contributed by atoms with Crippen LogP contribution in [0.15, 0.2) is 23.8 Å². The van der Waals surface area contributed by atoms with Gasteiger partial charge in [0.1, 0.15) is 5.78 Å². The van der Waals surface area contributed by atoms with Gasteiger partial charge < -0.3 is 10.2 Å². The number of carbonyl (C=O) groups excluding carboxylic acids is 2. The molecule has 7 atom stereocenters. The van der Waals surface area contributed by atoms with Gasteiger partial charge in [-0.15, -0.1) is 0 Å². The molecule has 4 aliphatic rings. The van der Waals surface area contributed by atoms with Crippen LogP contribution in [0.3, 0.4) is 0 Å². The second kappa shape index (κ2) is 7.40. The number of ketones is 2. The first-order valence-electron chi connectivity index (χ1n) is 11.8. The van der Waals surface area contributed by atoms with Crippen LogP contribution >= 0.6 is 0 Å². The number of aliphatic hydroxyl groups excluding tert-OH is 1. The molecule has 3 saturated carbocycles. The molecule has 0 heterocycles. The van der Waals surface area contributed by atoms with E-state index in [2.05, 4.69) is 20.4 Å². The molecule has 4 rings (SSSR count). The van der Waals surface area contributed by atoms with Crippen molar-refractivity contribution in [1.82, 2.24) is 0 Å². The van der Waals surface area contributed by atoms with E-state index >= 15 is 0 Å². The Bertz CT molecular complexity index is 871. The maximum Gasteiger partial charge on any atom is 0.303 e. The average Bonchev–Trinajstić information content (AvgIpc) is 2.91. The van der Waals surface area contributed by atoms with Crippen molar-refractivity contribution in [3.63, 3.8) is 0 Å². The van der Waals surface area contributed by atoms with Crippen LogP contribution in [0.1, 0.15) is 78.6 Å². The summed E-state index contributed by atoms with van der Waals surface area (Å²) >= 11 is 0. The molecule has 4 aliphatic carbocycles. The third-order valence-corrected chi connectivity index (χ3v) is 10.0. The quantitative estimate of drug-likeness (QED) is 0.630. The highest BCUT2D eigenvalue weighted by molar-refractivity contribution is 5.91. The van der Waals surface area contributed by atoms with E-state index in [9.17, 15) is 19.5 Å². The Hall–Kier alpha value is -1.75. The Morgan fingerprint density at radius 1 is 1.23 bits per heavy atom. The van der Waals surface area contributed by atoms with Gasteiger partial charge in [0.25, 0.3) is 0 Å². The van der Waals surface area contributed by atoms with Crippen LogP contribution in [0.5, 0.6) is 0 Å². The molecule has 0 amide bonds. The number of hydrogen-bond donors (Lipinski definition) is 2. The summed E-state index contributed by atoms with van der Waals surface area (Å²) in [4.78, 5) is 36.4. The van der Waals surface area contributed by atoms with Crippen molar-refractivity contribution in [2.24, 2.45) is 34.0 Å². The van der Waals surface area contributed by atoms with Gasteiger partial charge in [-0.2, -0.15) is 0 Å². The second-order valence-electron chi connectivity index (χ2n) is 11.0. The second-order valence-corrected chi connectivity index (χ2v) is 11.0. The number of carboxylic acid groups (broad SMARTS) is 1. The first-order chi connectivity index (χ1) is 14.5. The minimum Gasteiger partial charge on any atom is -0.481 e. The molecule has 0 aromatic carbocycles. The predicted molar refractivity (Wildman–Crippen MR) is 117 cm³/mol. The summed E-state index contributed by atoms with van der Waals surface area (Å²) in [5.41, 5.74) is 0.631. The summed E-state index contributed by atoms with van der Waals surface area (Å²) in [6, 6.07) is 0. The molecule has 5 nitrogen and oxygen atoms in total. The maximum atomic E-state index is 13.2. The van der Waals surface area contributed by atoms with Gasteiger partial charge in [0.2, 0.25) is 0 Å². The van der Waals surface area contributed by atoms with Crippen molar-refractivity contribution in [3.8, 4) is 0 Å². The third-order valence-electron chi connectivity index (χ3n) is 10.0. The van der Waals surface area contributed by atoms with E-state index in [0.717, 1.165) is 30.4 Å². The molecule has 31 heavy (non-hydrogen) atoms. The molecule has 0 aromatic heterocycles. The van der Waals surface area contributed by atoms with Crippen molar-refractivity contribution >= 4 is 17.5 Å². The van der Waals surface area contributed by atoms with E-state index in [1.54, 1.807) is 13.0 Å². The lowest BCUT2D eigenvalue weighted by molar-refractivity contribution is -0.173. The fourth-order valence-electron chi connectivity index (χ4n) is 8.56. The molecule has 0 spiro atoms. The number of carbonyl (C=O) groups is 3. The number of Topliss-reactive ketones (excluding diaryl/α,β-unsaturated/α-hetero) is 1. The monoisotopic (exact) mass is 428 g/mol. The van der Waals surface area contributed by atoms with Gasteiger partial charge in [-0.3, -0.25) is 14.4 Å². The molecule has 0 radical (unpaired) electrons. The van der Waals surface area contributed by atoms with E-state index in [-0.39, 0.29) is 34.7 Å². The Balaban J connectivity index is 1.74. The summed E-state index contributed by atoms with van der Waals surface area (Å²) in [5, 5.41) is 20.6. The zero-order valence-corrected chi connectivity index (χ0v) is 19.1. The molecule has 0 bridgehead atoms. The summed E-state index contributed by atoms with van der Waals surface area (Å²) < 4.78 is 0. The zero-order valence-electron chi connectivity index (χ0n) is 19.1. The first-order valence-corrected chi connectivity index (χ1v) is 11.8. The summed E-state index contributed by atoms with van der Waals surface area (Å²) in [6.45, 7) is 10.4. The summed E-state index contributed by atoms with van der Waals surface area (Å²) in [7, 11) is 0. The SMILES string of the molecule is C=C1C[C@H]2C3(C)[C@H](O)CC4=CC(=O)CC[C@@H]4[C@H]3CC[C@]2(C)[C@@]1(CCCC(=O)O)C(C)=O. The van der Waals surface area contributed by atoms with Crippen LogP contribution in [0.25, 0.3) is 0 Å². The van der Waals surface area contributed by atoms with Crippen molar-refractivity contribution < 1.29 is 24.6 Å². The minimum atomic E-state index is -0.839. The van der Waals surface area contributed by atoms with E-state index in [4.69, 9.17) is 5.11 Å². The third kappa shape index (κ3) is 2.95. The number of hydrogen-bond acceptors (Lipinski definition) is 4. The van der Waals surface area contributed by atoms with E-state index < -0.39 is 17.5 Å². The minimum absolute atomic E-state index is 0.0514. The summed E-state index contributed by atoms with van der Waals surface area (Å²) in [6.07, 6.45) is 6.72. The van der Waals surface area contributed by atoms with Crippen LogP contribution < -0.4 is 0 Å². The summed E-state index contributed by atoms with van der Waals surface area (Å²) in [5.74, 6) is 0.171. The van der Waals surface area contributed by atoms with Gasteiger partial charge in [-0.1, -0.05) is 31.6 Å². The Labute approximate surface area is 185 Å². The molecule has 2 N–H and O–H groups in total. The maximum absolute atomic E-state index is 13.2. The molecule has 1 unspecified atom stereocenters. The molecule has 0 saturated heterocycles. The van der Waals surface area contributed by atoms with Crippen molar-refractivity contribution in [2.45, 2.75) is 84.7 Å². The predicted octanol–water partition coefficient (Wildman–Crippen LogP) is 4.49. The van der Waals surface area contributed by atoms with Crippen molar-refractivity contribution in [3.05, 3.63) is 23.8 Å². The van der Waals surface area contributed by atoms with E-state index in [0.29, 0.717) is 43.9 Å². The number of allylic oxidation sites excluding steroid dienone is 1. The smallest absolute Gasteiger partial charge is 0.303 e. The number of fused-ring (bicyclic) bond motifs is 5. The van der Waals surface area contributed by atoms with Gasteiger partial charge in [0.05, 0.1) is 11.5 Å². The Morgan fingerprint density at radius 3 is 2.58 bits per heavy atom. The Kier molecular flexibility index (Phi) is 5.36. The lowest BCUT2D eigenvalue weighted by Crippen LogP contribution is -2.61. The highest BCUT2D eigenvalue weighted by Gasteiger charge is 2.70. The largest absolute Gasteiger partial charge is 0.481 e. The highest BCUT2D eigenvalue weighted by Crippen LogP contribution is 2.74. The Morgan fingerprint density at radius 2 is 1.94 bits per heavy atom. The molecule has 170 valence electrons. The van der Waals surface area contributed by atoms with Gasteiger partial charge in [-0.05, 0) is 81.1 Å². The highest BCUT2D eigenvalue weighted by atomic mass is 16.4. The van der Waals surface area contributed by atoms with E-state index in [1.165, 1.54) is 0 Å². The van der Waals surface area contributed by atoms with Crippen LogP contribution in [0.4, 0.5) is 0 Å². The van der Waals surface area contributed by atoms with Crippen LogP contribution in [0.2, 0.25) is 0 Å². The average molecular weight is 429 g/mol. The molecule has 0 aliphatic heterocycles. The lowest BCUT2D eigenvalue weighted by Gasteiger charge is -2.63. The van der Waals surface area contributed by atoms with Crippen LogP contribution in [-0.2, 0) is 14.4 Å². The van der Waals surface area contributed by atoms with Gasteiger partial charge >= 0.3 is 5.97 Å². The molecule has 3 fully saturated rings. The standard InChI is InChI=1S/C26H36O5/c1-15-12-21-24(3,26(15,16(2)27)10-5-6-23(30)31)11-9-20-19-8-7-18(28)13-17(19)14-22(29)25(20,21)4/h13,19-22,29H,1,5-12,14H2,2-4H3,(H,30,31)/t19-,20+,21+,22+,24-,25?,26+/m0/s1. The van der Waals surface area contributed by atoms with Crippen LogP contribution in [-0.4, -0.2) is 33.9 Å². The lowest BCUT2D eigenvalue weighted by atomic mass is 9.41. The zero-order chi connectivity index (χ0) is 22.8. The topological polar surface area (TPSA) is 91.7 Å². The molecular weight excluding hydrogens is 392 g/mol. The van der Waals surface area contributed by atoms with Gasteiger partial charge in [0.15, 0.2) is 5.78 Å². The molecular formula is C26H36O5.